The van der Waals surface area contributed by atoms with E-state index in [-0.39, 0.29) is 56.1 Å². The number of carbonyl (C=O) groups is 4. The van der Waals surface area contributed by atoms with Crippen molar-refractivity contribution in [3.8, 4) is 11.5 Å². The van der Waals surface area contributed by atoms with Crippen LogP contribution in [0.15, 0.2) is 59.5 Å². The molecule has 55 heavy (non-hydrogen) atoms. The first-order chi connectivity index (χ1) is 26.4. The maximum absolute atomic E-state index is 13.8. The summed E-state index contributed by atoms with van der Waals surface area (Å²) < 4.78 is 13.1. The lowest BCUT2D eigenvalue weighted by molar-refractivity contribution is -0.133. The molecule has 0 unspecified atom stereocenters. The average Bonchev–Trinajstić information content (AvgIpc) is 3.63. The zero-order valence-electron chi connectivity index (χ0n) is 31.3. The second-order valence-corrected chi connectivity index (χ2v) is 13.2. The van der Waals surface area contributed by atoms with Gasteiger partial charge in [-0.25, -0.2) is 9.67 Å². The van der Waals surface area contributed by atoms with E-state index in [0.717, 1.165) is 5.56 Å². The fraction of sp³-hybridized carbons (Fsp3) is 0.421. The van der Waals surface area contributed by atoms with E-state index in [1.165, 1.54) is 25.0 Å². The molecular weight excluding hydrogens is 710 g/mol. The third-order valence-corrected chi connectivity index (χ3v) is 9.16. The van der Waals surface area contributed by atoms with Gasteiger partial charge in [0.05, 0.1) is 31.9 Å². The first kappa shape index (κ1) is 40.1. The van der Waals surface area contributed by atoms with Crippen LogP contribution >= 0.6 is 0 Å². The number of H-pyrrole nitrogens is 1. The summed E-state index contributed by atoms with van der Waals surface area (Å²) in [5.41, 5.74) is 1.85. The molecule has 0 saturated heterocycles. The Bertz CT molecular complexity index is 2030. The molecule has 0 fully saturated rings. The van der Waals surface area contributed by atoms with Crippen molar-refractivity contribution in [1.29, 1.82) is 0 Å². The number of aliphatic hydroxyl groups excluding tert-OH is 1. The molecule has 292 valence electrons. The van der Waals surface area contributed by atoms with E-state index in [4.69, 9.17) is 9.47 Å². The third-order valence-electron chi connectivity index (χ3n) is 9.16. The second kappa shape index (κ2) is 18.8. The van der Waals surface area contributed by atoms with Gasteiger partial charge in [-0.2, -0.15) is 0 Å². The molecule has 0 saturated carbocycles. The second-order valence-electron chi connectivity index (χ2n) is 13.2. The number of ether oxygens (including phenoxy) is 2. The van der Waals surface area contributed by atoms with E-state index < -0.39 is 41.5 Å². The summed E-state index contributed by atoms with van der Waals surface area (Å²) in [6.45, 7) is 5.60. The number of rotatable bonds is 7. The van der Waals surface area contributed by atoms with E-state index in [1.807, 2.05) is 13.0 Å². The smallest absolute Gasteiger partial charge is 0.254 e. The number of hydrogen-bond acceptors (Lipinski definition) is 11. The van der Waals surface area contributed by atoms with Crippen LogP contribution in [-0.4, -0.2) is 110 Å². The van der Waals surface area contributed by atoms with Crippen molar-refractivity contribution in [2.24, 2.45) is 0 Å². The predicted octanol–water partition coefficient (Wildman–Crippen LogP) is 0.270. The lowest BCUT2D eigenvalue weighted by Gasteiger charge is -2.26. The number of fused-ring (bicyclic) bond motifs is 16. The van der Waals surface area contributed by atoms with Gasteiger partial charge in [0.1, 0.15) is 24.5 Å². The molecule has 2 aliphatic rings. The number of aromatic amines is 1. The fourth-order valence-electron chi connectivity index (χ4n) is 6.04. The molecule has 4 heterocycles. The lowest BCUT2D eigenvalue weighted by Crippen LogP contribution is -2.58. The summed E-state index contributed by atoms with van der Waals surface area (Å²) in [4.78, 5) is 76.0. The Morgan fingerprint density at radius 3 is 2.55 bits per heavy atom. The molecule has 3 atom stereocenters. The number of benzene rings is 2. The summed E-state index contributed by atoms with van der Waals surface area (Å²) in [7, 11) is 1.44. The first-order valence-corrected chi connectivity index (χ1v) is 18.1. The van der Waals surface area contributed by atoms with E-state index >= 15 is 0 Å². The molecule has 0 spiro atoms. The van der Waals surface area contributed by atoms with Gasteiger partial charge in [-0.3, -0.25) is 24.0 Å². The van der Waals surface area contributed by atoms with Gasteiger partial charge in [0.15, 0.2) is 11.5 Å². The van der Waals surface area contributed by atoms with Gasteiger partial charge in [-0.05, 0) is 37.6 Å². The molecule has 2 aliphatic heterocycles. The van der Waals surface area contributed by atoms with Crippen LogP contribution in [0, 0.1) is 6.92 Å². The minimum Gasteiger partial charge on any atom is -0.493 e. The Kier molecular flexibility index (Phi) is 13.7. The number of aromatic nitrogens is 5. The number of carbonyl (C=O) groups excluding carboxylic acids is 4. The Morgan fingerprint density at radius 1 is 1.05 bits per heavy atom. The molecule has 0 aliphatic carbocycles. The monoisotopic (exact) mass is 757 g/mol. The highest BCUT2D eigenvalue weighted by molar-refractivity contribution is 5.99. The van der Waals surface area contributed by atoms with Gasteiger partial charge in [-0.1, -0.05) is 42.5 Å². The Balaban J connectivity index is 1.42. The van der Waals surface area contributed by atoms with Crippen LogP contribution in [0.3, 0.4) is 0 Å². The topological polar surface area (TPSA) is 223 Å². The number of hydrogen-bond donors (Lipinski definition) is 5. The van der Waals surface area contributed by atoms with Crippen LogP contribution in [-0.2, 0) is 46.6 Å². The summed E-state index contributed by atoms with van der Waals surface area (Å²) in [5.74, 6) is -1.16. The van der Waals surface area contributed by atoms with E-state index in [1.54, 1.807) is 54.2 Å². The van der Waals surface area contributed by atoms with E-state index in [2.05, 4.69) is 36.2 Å². The molecule has 4 bridgehead atoms. The zero-order chi connectivity index (χ0) is 39.5. The SMILES string of the molecule is CCc1nc(C)c(CC(=O)N2CCNC(=O)[C@H]([C@@H](C)O)NC(=O)[C@@H](Cc3ccccc3)NC(=O)c3ccc(c(OC)c3)OCCn3cc(nn3)CC2)c(=O)[nH]1. The highest BCUT2D eigenvalue weighted by atomic mass is 16.5. The van der Waals surface area contributed by atoms with Crippen LogP contribution in [0.4, 0.5) is 0 Å². The third kappa shape index (κ3) is 10.7. The molecule has 2 aromatic heterocycles. The molecule has 5 N–H and O–H groups in total. The number of aryl methyl sites for hydroxylation is 2. The van der Waals surface area contributed by atoms with Crippen molar-refractivity contribution >= 4 is 23.6 Å². The van der Waals surface area contributed by atoms with Crippen LogP contribution < -0.4 is 31.0 Å². The van der Waals surface area contributed by atoms with Crippen LogP contribution in [0.2, 0.25) is 0 Å². The molecule has 17 nitrogen and oxygen atoms in total. The number of aliphatic hydroxyl groups is 1. The molecule has 4 amide bonds. The number of methoxy groups -OCH3 is 1. The van der Waals surface area contributed by atoms with Crippen molar-refractivity contribution < 1.29 is 33.8 Å². The average molecular weight is 758 g/mol. The summed E-state index contributed by atoms with van der Waals surface area (Å²) in [6, 6.07) is 11.1. The number of amides is 4. The quantitative estimate of drug-likeness (QED) is 0.161. The highest BCUT2D eigenvalue weighted by Gasteiger charge is 2.31. The normalized spacial score (nSPS) is 18.1. The molecular formula is C38H47N9O8. The summed E-state index contributed by atoms with van der Waals surface area (Å²) in [6.07, 6.45) is 1.12. The van der Waals surface area contributed by atoms with Crippen LogP contribution in [0.25, 0.3) is 0 Å². The van der Waals surface area contributed by atoms with E-state index in [0.29, 0.717) is 48.1 Å². The van der Waals surface area contributed by atoms with Gasteiger partial charge in [0, 0.05) is 61.9 Å². The maximum Gasteiger partial charge on any atom is 0.254 e. The van der Waals surface area contributed by atoms with Crippen LogP contribution in [0.5, 0.6) is 11.5 Å². The van der Waals surface area contributed by atoms with Crippen molar-refractivity contribution in [2.75, 3.05) is 33.4 Å². The summed E-state index contributed by atoms with van der Waals surface area (Å²) >= 11 is 0. The lowest BCUT2D eigenvalue weighted by atomic mass is 10.0. The number of nitrogens with zero attached hydrogens (tertiary/aromatic N) is 5. The Morgan fingerprint density at radius 2 is 1.84 bits per heavy atom. The largest absolute Gasteiger partial charge is 0.493 e. The summed E-state index contributed by atoms with van der Waals surface area (Å²) in [5, 5.41) is 27.1. The van der Waals surface area contributed by atoms with Gasteiger partial charge >= 0.3 is 0 Å². The molecule has 4 aromatic rings. The first-order valence-electron chi connectivity index (χ1n) is 18.1. The van der Waals surface area contributed by atoms with Gasteiger partial charge < -0.3 is 40.4 Å². The minimum atomic E-state index is -1.40. The van der Waals surface area contributed by atoms with Crippen molar-refractivity contribution in [3.63, 3.8) is 0 Å². The molecule has 2 aromatic carbocycles. The van der Waals surface area contributed by atoms with Gasteiger partial charge in [0.2, 0.25) is 17.7 Å². The molecule has 0 radical (unpaired) electrons. The Hall–Kier alpha value is -6.10. The minimum absolute atomic E-state index is 0.0379. The fourth-order valence-corrected chi connectivity index (χ4v) is 6.04. The van der Waals surface area contributed by atoms with Crippen molar-refractivity contribution in [2.45, 2.75) is 71.2 Å². The Labute approximate surface area is 317 Å². The van der Waals surface area contributed by atoms with Gasteiger partial charge in [0.25, 0.3) is 11.5 Å². The standard InChI is InChI=1S/C38H47N9O8/c1-5-32-40-23(2)28(36(51)42-32)21-33(49)46-15-13-27-22-47(45-44-27)17-18-55-30-12-11-26(20-31(30)54-4)35(50)41-29(19-25-9-7-6-8-10-25)37(52)43-34(24(3)48)38(53)39-14-16-46/h6-12,20,22,24,29,34,48H,5,13-19,21H2,1-4H3,(H,39,53)(H,41,50)(H,43,52)(H,40,42,51)/t24-,29-,34+/m1/s1. The van der Waals surface area contributed by atoms with Gasteiger partial charge in [-0.15, -0.1) is 5.10 Å². The maximum atomic E-state index is 13.8. The molecule has 6 rings (SSSR count). The zero-order valence-corrected chi connectivity index (χ0v) is 31.3. The predicted molar refractivity (Wildman–Crippen MR) is 199 cm³/mol. The van der Waals surface area contributed by atoms with Crippen LogP contribution in [0.1, 0.15) is 52.5 Å². The number of nitrogens with one attached hydrogen (secondary N) is 4. The molecule has 17 heteroatoms. The van der Waals surface area contributed by atoms with Crippen molar-refractivity contribution in [1.82, 2.24) is 45.8 Å². The van der Waals surface area contributed by atoms with E-state index in [9.17, 15) is 29.1 Å². The highest BCUT2D eigenvalue weighted by Crippen LogP contribution is 2.28. The van der Waals surface area contributed by atoms with Crippen molar-refractivity contribution in [3.05, 3.63) is 99.0 Å².